The Balaban J connectivity index is 4.46. The predicted octanol–water partition coefficient (Wildman–Crippen LogP) is -1.13. The van der Waals surface area contributed by atoms with Gasteiger partial charge in [-0.25, -0.2) is 0 Å². The molecule has 0 aromatic heterocycles. The molecule has 0 amide bonds. The van der Waals surface area contributed by atoms with E-state index in [1.165, 1.54) is 0 Å². The molecule has 12 heavy (non-hydrogen) atoms. The zero-order chi connectivity index (χ0) is 9.78. The molecule has 0 aliphatic heterocycles. The van der Waals surface area contributed by atoms with Crippen molar-refractivity contribution in [2.24, 2.45) is 11.7 Å². The van der Waals surface area contributed by atoms with Crippen LogP contribution in [0.3, 0.4) is 0 Å². The highest BCUT2D eigenvalue weighted by molar-refractivity contribution is 6.11. The molecule has 0 fully saturated rings. The van der Waals surface area contributed by atoms with Gasteiger partial charge in [-0.2, -0.15) is 0 Å². The summed E-state index contributed by atoms with van der Waals surface area (Å²) in [6.45, 7) is 1.95. The molecule has 0 saturated carbocycles. The second kappa shape index (κ2) is 4.93. The van der Waals surface area contributed by atoms with Crippen LogP contribution in [0.15, 0.2) is 0 Å². The van der Waals surface area contributed by atoms with E-state index in [4.69, 9.17) is 19.9 Å². The summed E-state index contributed by atoms with van der Waals surface area (Å²) in [6.07, 6.45) is 0. The van der Waals surface area contributed by atoms with E-state index in [0.717, 1.165) is 10.2 Å². The molecule has 0 aromatic carbocycles. The summed E-state index contributed by atoms with van der Waals surface area (Å²) in [6, 6.07) is 0. The van der Waals surface area contributed by atoms with Crippen molar-refractivity contribution in [2.45, 2.75) is 18.6 Å². The molecule has 0 bridgehead atoms. The molecule has 0 radical (unpaired) electrons. The van der Waals surface area contributed by atoms with E-state index in [0.29, 0.717) is 0 Å². The number of ether oxygens (including phenoxy) is 3. The molecule has 0 rings (SSSR count). The lowest BCUT2D eigenvalue weighted by atomic mass is 10.1. The van der Waals surface area contributed by atoms with Crippen LogP contribution >= 0.6 is 0 Å². The van der Waals surface area contributed by atoms with E-state index in [1.54, 1.807) is 21.3 Å². The topological polar surface area (TPSA) is 53.7 Å². The SMILES string of the molecule is COC(OC)(OC)C(C)C(N)[SiH3]. The van der Waals surface area contributed by atoms with Gasteiger partial charge in [0, 0.05) is 37.5 Å². The standard InChI is InChI=1S/C7H19NO3Si/c1-5(6(8)12)7(9-2,10-3)11-4/h5-6H,8H2,1-4,12H3. The molecule has 0 spiro atoms. The third-order valence-electron chi connectivity index (χ3n) is 2.20. The van der Waals surface area contributed by atoms with Crippen LogP contribution in [-0.2, 0) is 14.2 Å². The van der Waals surface area contributed by atoms with E-state index in [1.807, 2.05) is 6.92 Å². The van der Waals surface area contributed by atoms with Gasteiger partial charge in [0.1, 0.15) is 0 Å². The van der Waals surface area contributed by atoms with E-state index in [9.17, 15) is 0 Å². The van der Waals surface area contributed by atoms with Crippen LogP contribution in [0.5, 0.6) is 0 Å². The van der Waals surface area contributed by atoms with Gasteiger partial charge in [0.05, 0.1) is 0 Å². The van der Waals surface area contributed by atoms with Gasteiger partial charge in [-0.1, -0.05) is 6.92 Å². The average Bonchev–Trinajstić information content (AvgIpc) is 2.08. The zero-order valence-electron chi connectivity index (χ0n) is 8.46. The van der Waals surface area contributed by atoms with Crippen molar-refractivity contribution in [3.8, 4) is 0 Å². The molecule has 4 nitrogen and oxygen atoms in total. The maximum atomic E-state index is 5.77. The van der Waals surface area contributed by atoms with Crippen LogP contribution < -0.4 is 5.73 Å². The number of methoxy groups -OCH3 is 3. The van der Waals surface area contributed by atoms with E-state index in [2.05, 4.69) is 0 Å². The van der Waals surface area contributed by atoms with Gasteiger partial charge in [-0.05, 0) is 5.67 Å². The van der Waals surface area contributed by atoms with Crippen LogP contribution in [0, 0.1) is 5.92 Å². The lowest BCUT2D eigenvalue weighted by Gasteiger charge is -2.36. The minimum Gasteiger partial charge on any atom is -0.331 e. The first-order valence-electron chi connectivity index (χ1n) is 3.95. The monoisotopic (exact) mass is 193 g/mol. The van der Waals surface area contributed by atoms with Crippen molar-refractivity contribution in [2.75, 3.05) is 21.3 Å². The van der Waals surface area contributed by atoms with Crippen LogP contribution in [-0.4, -0.2) is 43.2 Å². The number of rotatable bonds is 5. The maximum Gasteiger partial charge on any atom is 0.286 e. The number of nitrogens with two attached hydrogens (primary N) is 1. The van der Waals surface area contributed by atoms with Crippen LogP contribution in [0.4, 0.5) is 0 Å². The van der Waals surface area contributed by atoms with Crippen LogP contribution in [0.2, 0.25) is 0 Å². The molecule has 5 heteroatoms. The summed E-state index contributed by atoms with van der Waals surface area (Å²) in [7, 11) is 5.53. The Morgan fingerprint density at radius 1 is 1.17 bits per heavy atom. The third kappa shape index (κ3) is 2.27. The normalized spacial score (nSPS) is 17.8. The van der Waals surface area contributed by atoms with Crippen molar-refractivity contribution in [1.29, 1.82) is 0 Å². The minimum absolute atomic E-state index is 0.0316. The number of hydrogen-bond acceptors (Lipinski definition) is 4. The summed E-state index contributed by atoms with van der Waals surface area (Å²) in [5.41, 5.74) is 5.86. The van der Waals surface area contributed by atoms with Gasteiger partial charge in [-0.15, -0.1) is 0 Å². The van der Waals surface area contributed by atoms with Gasteiger partial charge in [-0.3, -0.25) is 0 Å². The lowest BCUT2D eigenvalue weighted by Crippen LogP contribution is -2.50. The Kier molecular flexibility index (Phi) is 4.96. The Bertz CT molecular complexity index is 120. The van der Waals surface area contributed by atoms with Gasteiger partial charge in [0.2, 0.25) is 0 Å². The fraction of sp³-hybridized carbons (Fsp3) is 1.00. The smallest absolute Gasteiger partial charge is 0.286 e. The highest BCUT2D eigenvalue weighted by Crippen LogP contribution is 2.24. The molecular weight excluding hydrogens is 174 g/mol. The summed E-state index contributed by atoms with van der Waals surface area (Å²) in [5, 5.41) is 0. The Morgan fingerprint density at radius 2 is 1.50 bits per heavy atom. The van der Waals surface area contributed by atoms with Crippen molar-refractivity contribution >= 4 is 10.2 Å². The first kappa shape index (κ1) is 12.1. The average molecular weight is 193 g/mol. The number of hydrogen-bond donors (Lipinski definition) is 1. The molecule has 2 N–H and O–H groups in total. The Hall–Kier alpha value is 0.0569. The van der Waals surface area contributed by atoms with Crippen LogP contribution in [0.25, 0.3) is 0 Å². The lowest BCUT2D eigenvalue weighted by molar-refractivity contribution is -0.376. The highest BCUT2D eigenvalue weighted by atomic mass is 28.1. The first-order valence-corrected chi connectivity index (χ1v) is 5.10. The molecule has 74 valence electrons. The fourth-order valence-corrected chi connectivity index (χ4v) is 1.54. The molecule has 0 aromatic rings. The quantitative estimate of drug-likeness (QED) is 0.443. The zero-order valence-corrected chi connectivity index (χ0v) is 10.5. The van der Waals surface area contributed by atoms with Gasteiger partial charge < -0.3 is 19.9 Å². The third-order valence-corrected chi connectivity index (χ3v) is 3.20. The highest BCUT2D eigenvalue weighted by Gasteiger charge is 2.38. The molecule has 0 saturated heterocycles. The molecule has 2 unspecified atom stereocenters. The van der Waals surface area contributed by atoms with E-state index < -0.39 is 5.97 Å². The fourth-order valence-electron chi connectivity index (χ4n) is 1.13. The summed E-state index contributed by atoms with van der Waals surface area (Å²) in [5.74, 6) is -0.953. The van der Waals surface area contributed by atoms with Crippen molar-refractivity contribution < 1.29 is 14.2 Å². The van der Waals surface area contributed by atoms with Crippen LogP contribution in [0.1, 0.15) is 6.92 Å². The molecule has 0 aliphatic carbocycles. The minimum atomic E-state index is -0.985. The summed E-state index contributed by atoms with van der Waals surface area (Å²) < 4.78 is 15.5. The van der Waals surface area contributed by atoms with Gasteiger partial charge >= 0.3 is 0 Å². The second-order valence-electron chi connectivity index (χ2n) is 2.86. The van der Waals surface area contributed by atoms with Gasteiger partial charge in [0.25, 0.3) is 5.97 Å². The van der Waals surface area contributed by atoms with Gasteiger partial charge in [0.15, 0.2) is 0 Å². The van der Waals surface area contributed by atoms with E-state index in [-0.39, 0.29) is 11.6 Å². The predicted molar refractivity (Wildman–Crippen MR) is 50.8 cm³/mol. The van der Waals surface area contributed by atoms with E-state index >= 15 is 0 Å². The molecule has 2 atom stereocenters. The molecule has 0 heterocycles. The second-order valence-corrected chi connectivity index (χ2v) is 4.20. The van der Waals surface area contributed by atoms with Crippen molar-refractivity contribution in [3.63, 3.8) is 0 Å². The summed E-state index contributed by atoms with van der Waals surface area (Å²) in [4.78, 5) is 0. The molecular formula is C7H19NO3Si. The Morgan fingerprint density at radius 3 is 1.58 bits per heavy atom. The Labute approximate surface area is 76.8 Å². The largest absolute Gasteiger partial charge is 0.331 e. The summed E-state index contributed by atoms with van der Waals surface area (Å²) >= 11 is 0. The maximum absolute atomic E-state index is 5.77. The van der Waals surface area contributed by atoms with Crippen molar-refractivity contribution in [3.05, 3.63) is 0 Å². The van der Waals surface area contributed by atoms with Crippen molar-refractivity contribution in [1.82, 2.24) is 0 Å². The molecule has 0 aliphatic rings. The first-order chi connectivity index (χ1) is 5.54.